The van der Waals surface area contributed by atoms with Crippen LogP contribution in [0, 0.1) is 13.8 Å². The van der Waals surface area contributed by atoms with Crippen LogP contribution in [0.3, 0.4) is 0 Å². The molecule has 1 aromatic carbocycles. The van der Waals surface area contributed by atoms with Crippen LogP contribution >= 0.6 is 12.2 Å². The van der Waals surface area contributed by atoms with E-state index in [-0.39, 0.29) is 17.6 Å². The zero-order valence-corrected chi connectivity index (χ0v) is 22.1. The Hall–Kier alpha value is -3.27. The molecule has 0 bridgehead atoms. The lowest BCUT2D eigenvalue weighted by molar-refractivity contribution is 0.0365. The highest BCUT2D eigenvalue weighted by Gasteiger charge is 2.41. The fourth-order valence-electron chi connectivity index (χ4n) is 5.54. The molecule has 0 saturated carbocycles. The number of aromatic carboxylic acids is 1. The number of pyridine rings is 1. The summed E-state index contributed by atoms with van der Waals surface area (Å²) < 4.78 is 7.62. The zero-order chi connectivity index (χ0) is 25.9. The van der Waals surface area contributed by atoms with Crippen molar-refractivity contribution in [3.8, 4) is 5.69 Å². The first-order valence-corrected chi connectivity index (χ1v) is 13.2. The number of aryl methyl sites for hydroxylation is 1. The fraction of sp³-hybridized carbons (Fsp3) is 0.393. The van der Waals surface area contributed by atoms with Crippen molar-refractivity contribution in [3.63, 3.8) is 0 Å². The number of nitrogens with one attached hydrogen (secondary N) is 1. The number of benzene rings is 1. The summed E-state index contributed by atoms with van der Waals surface area (Å²) in [7, 11) is 0. The van der Waals surface area contributed by atoms with E-state index in [1.54, 1.807) is 18.2 Å². The van der Waals surface area contributed by atoms with Gasteiger partial charge in [0.2, 0.25) is 0 Å². The molecule has 8 nitrogen and oxygen atoms in total. The molecule has 0 amide bonds. The Labute approximate surface area is 222 Å². The molecule has 0 aliphatic carbocycles. The number of nitrogens with zero attached hydrogens (tertiary/aromatic N) is 4. The molecule has 9 heteroatoms. The largest absolute Gasteiger partial charge is 0.478 e. The van der Waals surface area contributed by atoms with Crippen LogP contribution in [0.5, 0.6) is 0 Å². The number of rotatable bonds is 8. The SMILES string of the molecule is Cc1cc([C@@H]2[C@H](c3ccccn3)NC(=S)N2CCCN2CCOCC2)c(C)n1-c1cccc(C(=O)O)c1. The van der Waals surface area contributed by atoms with Crippen LogP contribution in [0.1, 0.15) is 51.5 Å². The van der Waals surface area contributed by atoms with Crippen LogP contribution in [0.25, 0.3) is 5.69 Å². The highest BCUT2D eigenvalue weighted by molar-refractivity contribution is 7.80. The molecule has 2 saturated heterocycles. The number of hydrogen-bond donors (Lipinski definition) is 2. The third kappa shape index (κ3) is 5.25. The number of morpholine rings is 1. The Morgan fingerprint density at radius 2 is 1.95 bits per heavy atom. The third-order valence-corrected chi connectivity index (χ3v) is 7.67. The van der Waals surface area contributed by atoms with Gasteiger partial charge in [-0.1, -0.05) is 12.1 Å². The molecule has 0 spiro atoms. The van der Waals surface area contributed by atoms with Gasteiger partial charge in [0.05, 0.1) is 36.6 Å². The van der Waals surface area contributed by atoms with E-state index in [4.69, 9.17) is 17.0 Å². The van der Waals surface area contributed by atoms with Gasteiger partial charge in [-0.2, -0.15) is 0 Å². The van der Waals surface area contributed by atoms with Crippen LogP contribution in [0.4, 0.5) is 0 Å². The summed E-state index contributed by atoms with van der Waals surface area (Å²) in [5.41, 5.74) is 5.32. The maximum Gasteiger partial charge on any atom is 0.335 e. The Balaban J connectivity index is 1.49. The van der Waals surface area contributed by atoms with Crippen molar-refractivity contribution >= 4 is 23.3 Å². The quantitative estimate of drug-likeness (QED) is 0.434. The van der Waals surface area contributed by atoms with Crippen molar-refractivity contribution in [3.05, 3.63) is 82.9 Å². The van der Waals surface area contributed by atoms with E-state index in [0.29, 0.717) is 0 Å². The first-order chi connectivity index (χ1) is 17.9. The minimum atomic E-state index is -0.934. The molecule has 4 heterocycles. The van der Waals surface area contributed by atoms with Crippen LogP contribution in [0.2, 0.25) is 0 Å². The molecule has 2 N–H and O–H groups in total. The van der Waals surface area contributed by atoms with Crippen molar-refractivity contribution in [1.82, 2.24) is 24.7 Å². The van der Waals surface area contributed by atoms with Crippen LogP contribution < -0.4 is 5.32 Å². The maximum absolute atomic E-state index is 11.6. The molecule has 3 aromatic rings. The van der Waals surface area contributed by atoms with Crippen molar-refractivity contribution in [2.24, 2.45) is 0 Å². The Morgan fingerprint density at radius 3 is 2.68 bits per heavy atom. The van der Waals surface area contributed by atoms with E-state index >= 15 is 0 Å². The summed E-state index contributed by atoms with van der Waals surface area (Å²) in [6.07, 6.45) is 2.81. The molecular formula is C28H33N5O3S. The van der Waals surface area contributed by atoms with Gasteiger partial charge < -0.3 is 24.6 Å². The average Bonchev–Trinajstić information content (AvgIpc) is 3.39. The lowest BCUT2D eigenvalue weighted by Gasteiger charge is -2.30. The van der Waals surface area contributed by atoms with Gasteiger partial charge in [-0.05, 0) is 74.4 Å². The summed E-state index contributed by atoms with van der Waals surface area (Å²) in [4.78, 5) is 21.0. The lowest BCUT2D eigenvalue weighted by atomic mass is 9.96. The van der Waals surface area contributed by atoms with Crippen LogP contribution in [-0.4, -0.2) is 74.9 Å². The summed E-state index contributed by atoms with van der Waals surface area (Å²) in [6.45, 7) is 9.52. The van der Waals surface area contributed by atoms with Crippen molar-refractivity contribution < 1.29 is 14.6 Å². The number of hydrogen-bond acceptors (Lipinski definition) is 5. The Kier molecular flexibility index (Phi) is 7.55. The molecule has 194 valence electrons. The summed E-state index contributed by atoms with van der Waals surface area (Å²) in [5.74, 6) is -0.934. The normalized spacial score (nSPS) is 20.3. The maximum atomic E-state index is 11.6. The molecule has 2 aliphatic rings. The van der Waals surface area contributed by atoms with Crippen LogP contribution in [0.15, 0.2) is 54.7 Å². The minimum absolute atomic E-state index is 0.0327. The molecule has 37 heavy (non-hydrogen) atoms. The van der Waals surface area contributed by atoms with E-state index in [2.05, 4.69) is 44.6 Å². The van der Waals surface area contributed by atoms with Gasteiger partial charge in [-0.15, -0.1) is 0 Å². The number of thiocarbonyl (C=S) groups is 1. The number of carboxylic acids is 1. The second-order valence-corrected chi connectivity index (χ2v) is 10.0. The van der Waals surface area contributed by atoms with E-state index in [9.17, 15) is 9.90 Å². The molecule has 2 aliphatic heterocycles. The molecule has 0 unspecified atom stereocenters. The average molecular weight is 520 g/mol. The van der Waals surface area contributed by atoms with Gasteiger partial charge >= 0.3 is 5.97 Å². The van der Waals surface area contributed by atoms with Crippen LogP contribution in [-0.2, 0) is 4.74 Å². The summed E-state index contributed by atoms with van der Waals surface area (Å²) in [5, 5.41) is 13.8. The van der Waals surface area contributed by atoms with Crippen molar-refractivity contribution in [2.45, 2.75) is 32.4 Å². The van der Waals surface area contributed by atoms with E-state index in [0.717, 1.165) is 79.3 Å². The van der Waals surface area contributed by atoms with Gasteiger partial charge in [0.1, 0.15) is 0 Å². The van der Waals surface area contributed by atoms with E-state index in [1.807, 2.05) is 30.5 Å². The van der Waals surface area contributed by atoms with Crippen molar-refractivity contribution in [1.29, 1.82) is 0 Å². The van der Waals surface area contributed by atoms with Gasteiger partial charge in [-0.25, -0.2) is 4.79 Å². The third-order valence-electron chi connectivity index (χ3n) is 7.32. The fourth-order valence-corrected chi connectivity index (χ4v) is 5.87. The molecule has 0 radical (unpaired) electrons. The predicted molar refractivity (Wildman–Crippen MR) is 146 cm³/mol. The smallest absolute Gasteiger partial charge is 0.335 e. The van der Waals surface area contributed by atoms with Gasteiger partial charge in [0.25, 0.3) is 0 Å². The van der Waals surface area contributed by atoms with Gasteiger partial charge in [0, 0.05) is 49.5 Å². The molecule has 2 fully saturated rings. The topological polar surface area (TPSA) is 82.9 Å². The summed E-state index contributed by atoms with van der Waals surface area (Å²) in [6, 6.07) is 15.1. The zero-order valence-electron chi connectivity index (χ0n) is 21.3. The molecule has 2 atom stereocenters. The minimum Gasteiger partial charge on any atom is -0.478 e. The number of ether oxygens (including phenoxy) is 1. The summed E-state index contributed by atoms with van der Waals surface area (Å²) >= 11 is 5.87. The molecule has 2 aromatic heterocycles. The number of carboxylic acid groups (broad SMARTS) is 1. The molecular weight excluding hydrogens is 486 g/mol. The standard InChI is InChI=1S/C28H33N5O3S/c1-19-17-23(20(2)33(19)22-8-5-7-21(18-22)27(34)35)26-25(24-9-3-4-10-29-24)30-28(37)32(26)12-6-11-31-13-15-36-16-14-31/h3-5,7-10,17-18,25-26H,6,11-16H2,1-2H3,(H,30,37)(H,34,35)/t25-,26+/m0/s1. The first-order valence-electron chi connectivity index (χ1n) is 12.7. The van der Waals surface area contributed by atoms with Crippen molar-refractivity contribution in [2.75, 3.05) is 39.4 Å². The Bertz CT molecular complexity index is 1270. The predicted octanol–water partition coefficient (Wildman–Crippen LogP) is 3.88. The highest BCUT2D eigenvalue weighted by Crippen LogP contribution is 2.41. The first kappa shape index (κ1) is 25.4. The number of aromatic nitrogens is 2. The monoisotopic (exact) mass is 519 g/mol. The second kappa shape index (κ2) is 11.0. The highest BCUT2D eigenvalue weighted by atomic mass is 32.1. The molecule has 5 rings (SSSR count). The second-order valence-electron chi connectivity index (χ2n) is 9.64. The lowest BCUT2D eigenvalue weighted by Crippen LogP contribution is -2.39. The van der Waals surface area contributed by atoms with Gasteiger partial charge in [0.15, 0.2) is 5.11 Å². The van der Waals surface area contributed by atoms with Gasteiger partial charge in [-0.3, -0.25) is 9.88 Å². The number of carbonyl (C=O) groups is 1. The Morgan fingerprint density at radius 1 is 1.14 bits per heavy atom. The van der Waals surface area contributed by atoms with E-state index < -0.39 is 5.97 Å². The van der Waals surface area contributed by atoms with E-state index in [1.165, 1.54) is 0 Å².